The van der Waals surface area contributed by atoms with E-state index in [1.165, 1.54) is 13.2 Å². The van der Waals surface area contributed by atoms with Crippen molar-refractivity contribution < 1.29 is 19.0 Å². The second-order valence-corrected chi connectivity index (χ2v) is 5.84. The van der Waals surface area contributed by atoms with E-state index in [4.69, 9.17) is 25.8 Å². The molecule has 0 amide bonds. The Hall–Kier alpha value is -2.53. The molecule has 0 aliphatic rings. The fraction of sp³-hybridized carbons (Fsp3) is 0.300. The van der Waals surface area contributed by atoms with Crippen LogP contribution in [0.2, 0.25) is 5.02 Å². The third-order valence-corrected chi connectivity index (χ3v) is 3.81. The molecule has 5 nitrogen and oxygen atoms in total. The number of methoxy groups -OCH3 is 1. The van der Waals surface area contributed by atoms with Crippen LogP contribution < -0.4 is 9.47 Å². The van der Waals surface area contributed by atoms with Crippen LogP contribution in [0.5, 0.6) is 11.5 Å². The van der Waals surface area contributed by atoms with Gasteiger partial charge in [0.2, 0.25) is 0 Å². The topological polar surface area (TPSA) is 57.7 Å². The van der Waals surface area contributed by atoms with E-state index in [0.29, 0.717) is 29.7 Å². The Bertz CT molecular complexity index is 747. The highest BCUT2D eigenvalue weighted by Gasteiger charge is 2.10. The van der Waals surface area contributed by atoms with Crippen LogP contribution in [0.1, 0.15) is 24.5 Å². The molecule has 1 aromatic heterocycles. The predicted molar refractivity (Wildman–Crippen MR) is 102 cm³/mol. The summed E-state index contributed by atoms with van der Waals surface area (Å²) in [5.41, 5.74) is 1.85. The average Bonchev–Trinajstić information content (AvgIpc) is 2.64. The lowest BCUT2D eigenvalue weighted by Crippen LogP contribution is -2.03. The maximum atomic E-state index is 11.8. The first-order valence-corrected chi connectivity index (χ1v) is 8.76. The van der Waals surface area contributed by atoms with Crippen molar-refractivity contribution in [3.63, 3.8) is 0 Å². The number of hydrogen-bond acceptors (Lipinski definition) is 5. The number of carbonyl (C=O) groups excluding carboxylic acids is 1. The molecule has 1 aromatic carbocycles. The molecule has 0 bridgehead atoms. The largest absolute Gasteiger partial charge is 0.491 e. The second kappa shape index (κ2) is 10.5. The Kier molecular flexibility index (Phi) is 7.96. The molecule has 0 saturated heterocycles. The molecule has 0 fully saturated rings. The number of halogens is 1. The van der Waals surface area contributed by atoms with E-state index < -0.39 is 5.97 Å². The second-order valence-electron chi connectivity index (χ2n) is 5.43. The molecule has 2 aromatic rings. The summed E-state index contributed by atoms with van der Waals surface area (Å²) in [6.07, 6.45) is 8.11. The highest BCUT2D eigenvalue weighted by atomic mass is 35.5. The van der Waals surface area contributed by atoms with Crippen LogP contribution in [0.25, 0.3) is 6.08 Å². The quantitative estimate of drug-likeness (QED) is 0.371. The van der Waals surface area contributed by atoms with Gasteiger partial charge in [-0.15, -0.1) is 0 Å². The van der Waals surface area contributed by atoms with Gasteiger partial charge in [-0.1, -0.05) is 17.7 Å². The number of aryl methyl sites for hydroxylation is 1. The lowest BCUT2D eigenvalue weighted by atomic mass is 10.2. The number of nitrogens with zero attached hydrogens (tertiary/aromatic N) is 1. The van der Waals surface area contributed by atoms with Crippen molar-refractivity contribution in [3.05, 3.63) is 58.9 Å². The minimum Gasteiger partial charge on any atom is -0.491 e. The molecule has 0 radical (unpaired) electrons. The monoisotopic (exact) mass is 375 g/mol. The number of benzene rings is 1. The smallest absolute Gasteiger partial charge is 0.330 e. The van der Waals surface area contributed by atoms with Crippen LogP contribution in [-0.4, -0.2) is 31.3 Å². The molecule has 1 heterocycles. The van der Waals surface area contributed by atoms with Crippen LogP contribution in [-0.2, 0) is 16.0 Å². The Morgan fingerprint density at radius 1 is 1.35 bits per heavy atom. The summed E-state index contributed by atoms with van der Waals surface area (Å²) in [5.74, 6) is 0.608. The first kappa shape index (κ1) is 19.8. The Morgan fingerprint density at radius 3 is 2.88 bits per heavy atom. The number of hydrogen-bond donors (Lipinski definition) is 0. The van der Waals surface area contributed by atoms with E-state index in [2.05, 4.69) is 4.98 Å². The summed E-state index contributed by atoms with van der Waals surface area (Å²) in [5, 5.41) is 0.419. The SMILES string of the molecule is CCOc1cc(/C=C/C(=O)OCCCc2cccnc2)cc(Cl)c1OC. The highest BCUT2D eigenvalue weighted by molar-refractivity contribution is 6.32. The molecule has 138 valence electrons. The van der Waals surface area contributed by atoms with Crippen LogP contribution in [0.4, 0.5) is 0 Å². The normalized spacial score (nSPS) is 10.7. The zero-order valence-electron chi connectivity index (χ0n) is 14.9. The summed E-state index contributed by atoms with van der Waals surface area (Å²) >= 11 is 6.19. The summed E-state index contributed by atoms with van der Waals surface area (Å²) in [6.45, 7) is 2.71. The first-order valence-electron chi connectivity index (χ1n) is 8.38. The van der Waals surface area contributed by atoms with Gasteiger partial charge in [0.1, 0.15) is 0 Å². The van der Waals surface area contributed by atoms with Crippen LogP contribution >= 0.6 is 11.6 Å². The van der Waals surface area contributed by atoms with E-state index in [-0.39, 0.29) is 0 Å². The van der Waals surface area contributed by atoms with Gasteiger partial charge < -0.3 is 14.2 Å². The molecule has 0 N–H and O–H groups in total. The molecular formula is C20H22ClNO4. The van der Waals surface area contributed by atoms with Crippen LogP contribution in [0, 0.1) is 0 Å². The zero-order valence-corrected chi connectivity index (χ0v) is 15.7. The Morgan fingerprint density at radius 2 is 2.19 bits per heavy atom. The molecule has 0 atom stereocenters. The summed E-state index contributed by atoms with van der Waals surface area (Å²) < 4.78 is 16.0. The third kappa shape index (κ3) is 6.08. The summed E-state index contributed by atoms with van der Waals surface area (Å²) in [4.78, 5) is 15.9. The maximum absolute atomic E-state index is 11.8. The molecule has 0 aliphatic carbocycles. The summed E-state index contributed by atoms with van der Waals surface area (Å²) in [6, 6.07) is 7.36. The summed E-state index contributed by atoms with van der Waals surface area (Å²) in [7, 11) is 1.53. The van der Waals surface area contributed by atoms with E-state index in [1.54, 1.807) is 24.4 Å². The molecule has 0 aliphatic heterocycles. The van der Waals surface area contributed by atoms with Crippen LogP contribution in [0.3, 0.4) is 0 Å². The fourth-order valence-corrected chi connectivity index (χ4v) is 2.65. The van der Waals surface area contributed by atoms with Crippen molar-refractivity contribution in [1.82, 2.24) is 4.98 Å². The van der Waals surface area contributed by atoms with Gasteiger partial charge in [0.25, 0.3) is 0 Å². The van der Waals surface area contributed by atoms with Gasteiger partial charge in [0.05, 0.1) is 25.3 Å². The van der Waals surface area contributed by atoms with Crippen LogP contribution in [0.15, 0.2) is 42.7 Å². The Balaban J connectivity index is 1.87. The lowest BCUT2D eigenvalue weighted by Gasteiger charge is -2.11. The molecule has 0 unspecified atom stereocenters. The maximum Gasteiger partial charge on any atom is 0.330 e. The van der Waals surface area contributed by atoms with Crippen molar-refractivity contribution >= 4 is 23.6 Å². The van der Waals surface area contributed by atoms with Gasteiger partial charge in [-0.25, -0.2) is 4.79 Å². The first-order chi connectivity index (χ1) is 12.6. The van der Waals surface area contributed by atoms with Gasteiger partial charge >= 0.3 is 5.97 Å². The number of esters is 1. The number of pyridine rings is 1. The standard InChI is InChI=1S/C20H22ClNO4/c1-3-25-18-13-16(12-17(21)20(18)24-2)8-9-19(23)26-11-5-7-15-6-4-10-22-14-15/h4,6,8-10,12-14H,3,5,7,11H2,1-2H3/b9-8+. The lowest BCUT2D eigenvalue weighted by molar-refractivity contribution is -0.137. The average molecular weight is 376 g/mol. The number of rotatable bonds is 9. The minimum absolute atomic E-state index is 0.353. The van der Waals surface area contributed by atoms with Gasteiger partial charge in [-0.2, -0.15) is 0 Å². The predicted octanol–water partition coefficient (Wildman–Crippen LogP) is 4.33. The van der Waals surface area contributed by atoms with Crippen molar-refractivity contribution in [2.45, 2.75) is 19.8 Å². The van der Waals surface area contributed by atoms with Gasteiger partial charge in [-0.05, 0) is 55.2 Å². The molecule has 2 rings (SSSR count). The molecule has 6 heteroatoms. The zero-order chi connectivity index (χ0) is 18.8. The fourth-order valence-electron chi connectivity index (χ4n) is 2.35. The van der Waals surface area contributed by atoms with E-state index in [1.807, 2.05) is 25.3 Å². The molecule has 0 spiro atoms. The number of ether oxygens (including phenoxy) is 3. The van der Waals surface area contributed by atoms with Crippen molar-refractivity contribution in [3.8, 4) is 11.5 Å². The number of aromatic nitrogens is 1. The van der Waals surface area contributed by atoms with Crippen molar-refractivity contribution in [2.75, 3.05) is 20.3 Å². The van der Waals surface area contributed by atoms with E-state index >= 15 is 0 Å². The van der Waals surface area contributed by atoms with Gasteiger partial charge in [-0.3, -0.25) is 4.98 Å². The van der Waals surface area contributed by atoms with Crippen molar-refractivity contribution in [1.29, 1.82) is 0 Å². The third-order valence-electron chi connectivity index (χ3n) is 3.52. The number of carbonyl (C=O) groups is 1. The molecule has 0 saturated carbocycles. The highest BCUT2D eigenvalue weighted by Crippen LogP contribution is 2.36. The van der Waals surface area contributed by atoms with E-state index in [0.717, 1.165) is 24.0 Å². The van der Waals surface area contributed by atoms with E-state index in [9.17, 15) is 4.79 Å². The molecule has 26 heavy (non-hydrogen) atoms. The Labute approximate surface area is 158 Å². The minimum atomic E-state index is -0.402. The van der Waals surface area contributed by atoms with Gasteiger partial charge in [0, 0.05) is 18.5 Å². The van der Waals surface area contributed by atoms with Crippen molar-refractivity contribution in [2.24, 2.45) is 0 Å². The van der Waals surface area contributed by atoms with Gasteiger partial charge in [0.15, 0.2) is 11.5 Å². The molecular weight excluding hydrogens is 354 g/mol.